The summed E-state index contributed by atoms with van der Waals surface area (Å²) >= 11 is 0. The molecular formula is C59H87N3O4. The highest BCUT2D eigenvalue weighted by Crippen LogP contribution is 2.33. The zero-order valence-corrected chi connectivity index (χ0v) is 41.8. The Morgan fingerprint density at radius 2 is 0.712 bits per heavy atom. The summed E-state index contributed by atoms with van der Waals surface area (Å²) in [6.45, 7) is 12.2. The molecule has 1 aromatic heterocycles. The van der Waals surface area contributed by atoms with Crippen molar-refractivity contribution >= 4 is 11.8 Å². The van der Waals surface area contributed by atoms with Crippen LogP contribution in [0.3, 0.4) is 0 Å². The van der Waals surface area contributed by atoms with Crippen molar-refractivity contribution < 1.29 is 19.1 Å². The van der Waals surface area contributed by atoms with Gasteiger partial charge in [-0.05, 0) is 73.2 Å². The maximum atomic E-state index is 13.7. The minimum atomic E-state index is 0.0169. The highest BCUT2D eigenvalue weighted by molar-refractivity contribution is 5.79. The number of hydrogen-bond acceptors (Lipinski definition) is 5. The van der Waals surface area contributed by atoms with Gasteiger partial charge in [-0.2, -0.15) is 0 Å². The summed E-state index contributed by atoms with van der Waals surface area (Å²) in [5.41, 5.74) is 5.55. The lowest BCUT2D eigenvalue weighted by Gasteiger charge is -2.23. The van der Waals surface area contributed by atoms with Crippen LogP contribution < -0.4 is 9.47 Å². The molecule has 3 aromatic carbocycles. The standard InChI is InChI=1S/C59H87N3O4/c1-5-9-13-17-21-28-40-61(41-29-22-18-14-10-6-2)58(63)48-65-54-38-32-36-51(44-54)56-46-53(50-34-26-25-27-35-50)47-57(60-56)52-37-33-39-55(45-52)66-49-59(64)62(42-30-23-19-15-11-7-3)43-31-24-20-16-12-8-4/h25-27,32-39,44-47H,5-24,28-31,40-43,48-49H2,1-4H3. The Morgan fingerprint density at radius 1 is 0.379 bits per heavy atom. The molecule has 0 atom stereocenters. The van der Waals surface area contributed by atoms with Crippen LogP contribution >= 0.6 is 0 Å². The molecule has 0 saturated heterocycles. The van der Waals surface area contributed by atoms with E-state index >= 15 is 0 Å². The molecule has 66 heavy (non-hydrogen) atoms. The summed E-state index contributed by atoms with van der Waals surface area (Å²) in [5, 5.41) is 0. The first-order valence-corrected chi connectivity index (χ1v) is 26.5. The highest BCUT2D eigenvalue weighted by atomic mass is 16.5. The molecule has 0 spiro atoms. The second-order valence-corrected chi connectivity index (χ2v) is 18.5. The fraction of sp³-hybridized carbons (Fsp3) is 0.576. The smallest absolute Gasteiger partial charge is 0.260 e. The van der Waals surface area contributed by atoms with Crippen LogP contribution in [0.15, 0.2) is 91.0 Å². The van der Waals surface area contributed by atoms with Gasteiger partial charge in [-0.25, -0.2) is 4.98 Å². The van der Waals surface area contributed by atoms with Crippen LogP contribution in [0.4, 0.5) is 0 Å². The Bertz CT molecular complexity index is 1750. The van der Waals surface area contributed by atoms with E-state index in [4.69, 9.17) is 14.5 Å². The summed E-state index contributed by atoms with van der Waals surface area (Å²) in [4.78, 5) is 36.6. The molecule has 362 valence electrons. The number of nitrogens with zero attached hydrogens (tertiary/aromatic N) is 3. The molecule has 4 rings (SSSR count). The van der Waals surface area contributed by atoms with E-state index in [2.05, 4.69) is 64.1 Å². The lowest BCUT2D eigenvalue weighted by molar-refractivity contribution is -0.134. The molecule has 0 radical (unpaired) electrons. The van der Waals surface area contributed by atoms with Gasteiger partial charge in [-0.1, -0.05) is 211 Å². The fourth-order valence-corrected chi connectivity index (χ4v) is 8.64. The molecule has 4 aromatic rings. The lowest BCUT2D eigenvalue weighted by Crippen LogP contribution is -2.36. The van der Waals surface area contributed by atoms with Crippen molar-refractivity contribution in [2.45, 2.75) is 182 Å². The zero-order chi connectivity index (χ0) is 46.9. The first kappa shape index (κ1) is 54.0. The van der Waals surface area contributed by atoms with Crippen LogP contribution in [0.1, 0.15) is 182 Å². The van der Waals surface area contributed by atoms with Gasteiger partial charge >= 0.3 is 0 Å². The number of benzene rings is 3. The second kappa shape index (κ2) is 33.8. The number of ether oxygens (including phenoxy) is 2. The van der Waals surface area contributed by atoms with Crippen molar-refractivity contribution in [3.05, 3.63) is 91.0 Å². The predicted molar refractivity (Wildman–Crippen MR) is 278 cm³/mol. The molecule has 0 aliphatic carbocycles. The maximum absolute atomic E-state index is 13.7. The first-order chi connectivity index (χ1) is 32.4. The third-order valence-electron chi connectivity index (χ3n) is 12.7. The van der Waals surface area contributed by atoms with E-state index in [1.165, 1.54) is 103 Å². The van der Waals surface area contributed by atoms with Gasteiger partial charge in [0.1, 0.15) is 11.5 Å². The van der Waals surface area contributed by atoms with Crippen LogP contribution in [0.2, 0.25) is 0 Å². The van der Waals surface area contributed by atoms with E-state index in [1.54, 1.807) is 0 Å². The topological polar surface area (TPSA) is 72.0 Å². The van der Waals surface area contributed by atoms with Crippen LogP contribution in [0.5, 0.6) is 11.5 Å². The molecule has 0 fully saturated rings. The summed E-state index contributed by atoms with van der Waals surface area (Å²) in [5.74, 6) is 1.41. The third-order valence-corrected chi connectivity index (χ3v) is 12.7. The Balaban J connectivity index is 1.47. The molecular weight excluding hydrogens is 815 g/mol. The zero-order valence-electron chi connectivity index (χ0n) is 41.8. The van der Waals surface area contributed by atoms with Gasteiger partial charge < -0.3 is 19.3 Å². The van der Waals surface area contributed by atoms with E-state index in [0.717, 1.165) is 111 Å². The largest absolute Gasteiger partial charge is 0.484 e. The number of carbonyl (C=O) groups is 2. The maximum Gasteiger partial charge on any atom is 0.260 e. The predicted octanol–water partition coefficient (Wildman–Crippen LogP) is 15.9. The van der Waals surface area contributed by atoms with Crippen LogP contribution in [-0.2, 0) is 9.59 Å². The Hall–Kier alpha value is -4.65. The van der Waals surface area contributed by atoms with Crippen molar-refractivity contribution in [2.24, 2.45) is 0 Å². The van der Waals surface area contributed by atoms with Crippen LogP contribution in [0, 0.1) is 0 Å². The van der Waals surface area contributed by atoms with Gasteiger partial charge in [0.05, 0.1) is 11.4 Å². The molecule has 7 nitrogen and oxygen atoms in total. The van der Waals surface area contributed by atoms with Crippen molar-refractivity contribution in [3.63, 3.8) is 0 Å². The Morgan fingerprint density at radius 3 is 1.08 bits per heavy atom. The van der Waals surface area contributed by atoms with E-state index in [-0.39, 0.29) is 25.0 Å². The molecule has 0 saturated carbocycles. The van der Waals surface area contributed by atoms with Crippen molar-refractivity contribution in [1.82, 2.24) is 14.8 Å². The number of unbranched alkanes of at least 4 members (excludes halogenated alkanes) is 20. The van der Waals surface area contributed by atoms with Gasteiger partial charge in [0.25, 0.3) is 11.8 Å². The van der Waals surface area contributed by atoms with Crippen molar-refractivity contribution in [2.75, 3.05) is 39.4 Å². The molecule has 0 aliphatic rings. The van der Waals surface area contributed by atoms with Crippen LogP contribution in [0.25, 0.3) is 33.6 Å². The van der Waals surface area contributed by atoms with Gasteiger partial charge in [0.2, 0.25) is 0 Å². The minimum Gasteiger partial charge on any atom is -0.484 e. The minimum absolute atomic E-state index is 0.0169. The van der Waals surface area contributed by atoms with Crippen LogP contribution in [-0.4, -0.2) is 66.0 Å². The summed E-state index contributed by atoms with van der Waals surface area (Å²) in [6.07, 6.45) is 28.9. The fourth-order valence-electron chi connectivity index (χ4n) is 8.64. The molecule has 0 aliphatic heterocycles. The van der Waals surface area contributed by atoms with E-state index in [9.17, 15) is 9.59 Å². The summed E-state index contributed by atoms with van der Waals surface area (Å²) < 4.78 is 12.5. The monoisotopic (exact) mass is 902 g/mol. The van der Waals surface area contributed by atoms with Crippen molar-refractivity contribution in [3.8, 4) is 45.1 Å². The third kappa shape index (κ3) is 21.3. The average Bonchev–Trinajstić information content (AvgIpc) is 3.35. The SMILES string of the molecule is CCCCCCCCN(CCCCCCCC)C(=O)COc1cccc(-c2cc(-c3ccccc3)cc(-c3cccc(OCC(=O)N(CCCCCCCC)CCCCCCCC)c3)n2)c1. The van der Waals surface area contributed by atoms with E-state index in [1.807, 2.05) is 64.4 Å². The molecule has 7 heteroatoms. The second-order valence-electron chi connectivity index (χ2n) is 18.5. The average molecular weight is 902 g/mol. The first-order valence-electron chi connectivity index (χ1n) is 26.5. The number of aromatic nitrogens is 1. The lowest BCUT2D eigenvalue weighted by atomic mass is 10.00. The Kier molecular flexibility index (Phi) is 27.6. The Labute approximate surface area is 401 Å². The molecule has 1 heterocycles. The number of carbonyl (C=O) groups excluding carboxylic acids is 2. The molecule has 0 bridgehead atoms. The summed E-state index contributed by atoms with van der Waals surface area (Å²) in [7, 11) is 0. The normalized spacial score (nSPS) is 11.2. The summed E-state index contributed by atoms with van der Waals surface area (Å²) in [6, 6.07) is 30.5. The number of rotatable bonds is 37. The number of amides is 2. The van der Waals surface area contributed by atoms with Crippen molar-refractivity contribution in [1.29, 1.82) is 0 Å². The van der Waals surface area contributed by atoms with Gasteiger partial charge in [0.15, 0.2) is 13.2 Å². The number of hydrogen-bond donors (Lipinski definition) is 0. The van der Waals surface area contributed by atoms with Gasteiger partial charge in [0, 0.05) is 37.3 Å². The molecule has 0 unspecified atom stereocenters. The van der Waals surface area contributed by atoms with Gasteiger partial charge in [-0.15, -0.1) is 0 Å². The molecule has 0 N–H and O–H groups in total. The van der Waals surface area contributed by atoms with Gasteiger partial charge in [-0.3, -0.25) is 9.59 Å². The number of pyridine rings is 1. The molecule has 2 amide bonds. The quantitative estimate of drug-likeness (QED) is 0.0422. The van der Waals surface area contributed by atoms with E-state index < -0.39 is 0 Å². The highest BCUT2D eigenvalue weighted by Gasteiger charge is 2.17. The van der Waals surface area contributed by atoms with E-state index in [0.29, 0.717) is 11.5 Å².